The molecule has 0 aliphatic heterocycles. The number of nitrogens with zero attached hydrogens (tertiary/aromatic N) is 2. The van der Waals surface area contributed by atoms with Crippen molar-refractivity contribution in [3.63, 3.8) is 0 Å². The van der Waals surface area contributed by atoms with Crippen molar-refractivity contribution in [2.75, 3.05) is 6.54 Å². The molecule has 1 fully saturated rings. The van der Waals surface area contributed by atoms with Crippen molar-refractivity contribution < 1.29 is 0 Å². The molecule has 1 aliphatic rings. The molecule has 0 bridgehead atoms. The van der Waals surface area contributed by atoms with Gasteiger partial charge in [0.25, 0.3) is 0 Å². The van der Waals surface area contributed by atoms with Crippen LogP contribution < -0.4 is 5.32 Å². The minimum atomic E-state index is 0.726. The summed E-state index contributed by atoms with van der Waals surface area (Å²) in [5.74, 6) is 0.805. The van der Waals surface area contributed by atoms with Gasteiger partial charge < -0.3 is 5.32 Å². The monoisotopic (exact) mass is 235 g/mol. The van der Waals surface area contributed by atoms with Crippen molar-refractivity contribution >= 4 is 0 Å². The molecule has 1 aromatic rings. The molecular weight excluding hydrogens is 210 g/mol. The van der Waals surface area contributed by atoms with Crippen LogP contribution in [0.5, 0.6) is 0 Å². The molecular formula is C14H25N3. The van der Waals surface area contributed by atoms with Gasteiger partial charge in [0.15, 0.2) is 0 Å². The van der Waals surface area contributed by atoms with E-state index in [2.05, 4.69) is 23.5 Å². The van der Waals surface area contributed by atoms with Gasteiger partial charge in [-0.1, -0.05) is 19.8 Å². The fourth-order valence-electron chi connectivity index (χ4n) is 2.93. The third kappa shape index (κ3) is 3.56. The highest BCUT2D eigenvalue weighted by Gasteiger charge is 2.24. The predicted molar refractivity (Wildman–Crippen MR) is 71.0 cm³/mol. The smallest absolute Gasteiger partial charge is 0.0521 e. The number of nitrogens with one attached hydrogen (secondary N) is 1. The Morgan fingerprint density at radius 3 is 2.94 bits per heavy atom. The first-order chi connectivity index (χ1) is 8.29. The second-order valence-corrected chi connectivity index (χ2v) is 5.33. The van der Waals surface area contributed by atoms with E-state index in [1.54, 1.807) is 0 Å². The van der Waals surface area contributed by atoms with Crippen molar-refractivity contribution in [1.29, 1.82) is 0 Å². The van der Waals surface area contributed by atoms with Crippen molar-refractivity contribution in [2.45, 2.75) is 51.5 Å². The normalized spacial score (nSPS) is 25.1. The highest BCUT2D eigenvalue weighted by Crippen LogP contribution is 2.27. The van der Waals surface area contributed by atoms with Crippen LogP contribution in [0.2, 0.25) is 0 Å². The summed E-state index contributed by atoms with van der Waals surface area (Å²) in [4.78, 5) is 0. The first kappa shape index (κ1) is 12.6. The standard InChI is InChI=1S/C14H25N3/c1-3-8-15-14-7-5-4-6-13(14)9-12-10-16-17(2)11-12/h10-11,13-15H,3-9H2,1-2H3. The molecule has 2 rings (SSSR count). The Hall–Kier alpha value is -0.830. The molecule has 0 aromatic carbocycles. The van der Waals surface area contributed by atoms with E-state index >= 15 is 0 Å². The number of aromatic nitrogens is 2. The molecule has 1 aromatic heterocycles. The molecule has 1 heterocycles. The van der Waals surface area contributed by atoms with Gasteiger partial charge in [-0.25, -0.2) is 0 Å². The Kier molecular flexibility index (Phi) is 4.60. The molecule has 0 saturated heterocycles. The number of hydrogen-bond acceptors (Lipinski definition) is 2. The lowest BCUT2D eigenvalue weighted by Gasteiger charge is -2.32. The molecule has 0 radical (unpaired) electrons. The largest absolute Gasteiger partial charge is 0.314 e. The Bertz CT molecular complexity index is 332. The molecule has 2 unspecified atom stereocenters. The van der Waals surface area contributed by atoms with Crippen molar-refractivity contribution in [2.24, 2.45) is 13.0 Å². The lowest BCUT2D eigenvalue weighted by molar-refractivity contribution is 0.261. The van der Waals surface area contributed by atoms with Crippen LogP contribution in [0, 0.1) is 5.92 Å². The highest BCUT2D eigenvalue weighted by molar-refractivity contribution is 5.06. The average molecular weight is 235 g/mol. The molecule has 1 saturated carbocycles. The van der Waals surface area contributed by atoms with Crippen molar-refractivity contribution in [3.8, 4) is 0 Å². The predicted octanol–water partition coefficient (Wildman–Crippen LogP) is 2.52. The third-order valence-corrected chi connectivity index (χ3v) is 3.82. The molecule has 1 aliphatic carbocycles. The molecule has 96 valence electrons. The Labute approximate surface area is 105 Å². The van der Waals surface area contributed by atoms with Gasteiger partial charge in [0.1, 0.15) is 0 Å². The maximum Gasteiger partial charge on any atom is 0.0521 e. The molecule has 17 heavy (non-hydrogen) atoms. The van der Waals surface area contributed by atoms with Crippen LogP contribution in [0.3, 0.4) is 0 Å². The molecule has 3 nitrogen and oxygen atoms in total. The highest BCUT2D eigenvalue weighted by atomic mass is 15.2. The molecule has 3 heteroatoms. The van der Waals surface area contributed by atoms with E-state index in [1.165, 1.54) is 44.1 Å². The van der Waals surface area contributed by atoms with Gasteiger partial charge in [0.05, 0.1) is 6.20 Å². The van der Waals surface area contributed by atoms with Crippen LogP contribution in [0.1, 0.15) is 44.6 Å². The van der Waals surface area contributed by atoms with Crippen LogP contribution in [0.25, 0.3) is 0 Å². The number of aryl methyl sites for hydroxylation is 1. The third-order valence-electron chi connectivity index (χ3n) is 3.82. The Balaban J connectivity index is 1.91. The second-order valence-electron chi connectivity index (χ2n) is 5.33. The van der Waals surface area contributed by atoms with Gasteiger partial charge in [-0.2, -0.15) is 5.10 Å². The number of rotatable bonds is 5. The van der Waals surface area contributed by atoms with Gasteiger partial charge in [0, 0.05) is 19.3 Å². The zero-order valence-electron chi connectivity index (χ0n) is 11.2. The van der Waals surface area contributed by atoms with Crippen LogP contribution in [0.4, 0.5) is 0 Å². The zero-order valence-corrected chi connectivity index (χ0v) is 11.2. The summed E-state index contributed by atoms with van der Waals surface area (Å²) in [5.41, 5.74) is 1.39. The molecule has 1 N–H and O–H groups in total. The summed E-state index contributed by atoms with van der Waals surface area (Å²) in [6.07, 6.45) is 12.1. The summed E-state index contributed by atoms with van der Waals surface area (Å²) < 4.78 is 1.91. The van der Waals surface area contributed by atoms with E-state index in [9.17, 15) is 0 Å². The lowest BCUT2D eigenvalue weighted by atomic mass is 9.81. The summed E-state index contributed by atoms with van der Waals surface area (Å²) in [6.45, 7) is 3.40. The van der Waals surface area contributed by atoms with Crippen LogP contribution >= 0.6 is 0 Å². The maximum absolute atomic E-state index is 4.27. The SMILES string of the molecule is CCCNC1CCCCC1Cc1cnn(C)c1. The summed E-state index contributed by atoms with van der Waals surface area (Å²) in [7, 11) is 2.00. The number of hydrogen-bond donors (Lipinski definition) is 1. The summed E-state index contributed by atoms with van der Waals surface area (Å²) >= 11 is 0. The van der Waals surface area contributed by atoms with E-state index in [0.717, 1.165) is 18.5 Å². The molecule has 0 spiro atoms. The van der Waals surface area contributed by atoms with Gasteiger partial charge in [-0.15, -0.1) is 0 Å². The first-order valence-corrected chi connectivity index (χ1v) is 7.00. The van der Waals surface area contributed by atoms with E-state index in [0.29, 0.717) is 0 Å². The van der Waals surface area contributed by atoms with Gasteiger partial charge in [-0.05, 0) is 43.7 Å². The van der Waals surface area contributed by atoms with E-state index < -0.39 is 0 Å². The minimum Gasteiger partial charge on any atom is -0.314 e. The van der Waals surface area contributed by atoms with Crippen molar-refractivity contribution in [1.82, 2.24) is 15.1 Å². The van der Waals surface area contributed by atoms with E-state index in [1.807, 2.05) is 17.9 Å². The van der Waals surface area contributed by atoms with Gasteiger partial charge in [-0.3, -0.25) is 4.68 Å². The van der Waals surface area contributed by atoms with E-state index in [-0.39, 0.29) is 0 Å². The molecule has 0 amide bonds. The van der Waals surface area contributed by atoms with Crippen molar-refractivity contribution in [3.05, 3.63) is 18.0 Å². The van der Waals surface area contributed by atoms with Crippen LogP contribution in [-0.4, -0.2) is 22.4 Å². The fourth-order valence-corrected chi connectivity index (χ4v) is 2.93. The van der Waals surface area contributed by atoms with Gasteiger partial charge >= 0.3 is 0 Å². The second kappa shape index (κ2) is 6.20. The maximum atomic E-state index is 4.27. The topological polar surface area (TPSA) is 29.9 Å². The summed E-state index contributed by atoms with van der Waals surface area (Å²) in [6, 6.07) is 0.726. The van der Waals surface area contributed by atoms with Crippen LogP contribution in [-0.2, 0) is 13.5 Å². The first-order valence-electron chi connectivity index (χ1n) is 7.00. The lowest BCUT2D eigenvalue weighted by Crippen LogP contribution is -2.39. The zero-order chi connectivity index (χ0) is 12.1. The van der Waals surface area contributed by atoms with Gasteiger partial charge in [0.2, 0.25) is 0 Å². The average Bonchev–Trinajstić information content (AvgIpc) is 2.74. The Morgan fingerprint density at radius 1 is 1.41 bits per heavy atom. The van der Waals surface area contributed by atoms with Crippen LogP contribution in [0.15, 0.2) is 12.4 Å². The fraction of sp³-hybridized carbons (Fsp3) is 0.786. The minimum absolute atomic E-state index is 0.726. The Morgan fingerprint density at radius 2 is 2.24 bits per heavy atom. The van der Waals surface area contributed by atoms with E-state index in [4.69, 9.17) is 0 Å². The molecule has 2 atom stereocenters. The summed E-state index contributed by atoms with van der Waals surface area (Å²) in [5, 5.41) is 7.99. The quantitative estimate of drug-likeness (QED) is 0.850.